The number of hydrogen-bond donors (Lipinski definition) is 0. The summed E-state index contributed by atoms with van der Waals surface area (Å²) in [6.07, 6.45) is 3.64. The van der Waals surface area contributed by atoms with Crippen molar-refractivity contribution in [2.24, 2.45) is 0 Å². The van der Waals surface area contributed by atoms with Gasteiger partial charge >= 0.3 is 0 Å². The lowest BCUT2D eigenvalue weighted by Crippen LogP contribution is -2.12. The van der Waals surface area contributed by atoms with E-state index in [-0.39, 0.29) is 0 Å². The highest BCUT2D eigenvalue weighted by atomic mass is 35.5. The van der Waals surface area contributed by atoms with Crippen molar-refractivity contribution < 1.29 is 0 Å². The molecule has 0 bridgehead atoms. The number of hydrogen-bond acceptors (Lipinski definition) is 2. The second kappa shape index (κ2) is 5.12. The second-order valence-electron chi connectivity index (χ2n) is 5.60. The summed E-state index contributed by atoms with van der Waals surface area (Å²) in [6.45, 7) is 0. The fraction of sp³-hybridized carbons (Fsp3) is 0.222. The molecule has 0 amide bonds. The molecule has 0 atom stereocenters. The van der Waals surface area contributed by atoms with E-state index in [0.29, 0.717) is 11.1 Å². The molecule has 0 spiro atoms. The van der Waals surface area contributed by atoms with Crippen molar-refractivity contribution in [3.63, 3.8) is 0 Å². The summed E-state index contributed by atoms with van der Waals surface area (Å²) in [6, 6.07) is 16.5. The Kier molecular flexibility index (Phi) is 3.12. The second-order valence-corrected chi connectivity index (χ2v) is 5.96. The Balaban J connectivity index is 1.83. The predicted molar refractivity (Wildman–Crippen MR) is 86.6 cm³/mol. The molecule has 2 nitrogen and oxygen atoms in total. The fourth-order valence-electron chi connectivity index (χ4n) is 2.77. The van der Waals surface area contributed by atoms with Gasteiger partial charge in [-0.05, 0) is 36.1 Å². The zero-order valence-corrected chi connectivity index (χ0v) is 12.3. The smallest absolute Gasteiger partial charge is 0.140 e. The number of nitrogens with zero attached hydrogens (tertiary/aromatic N) is 2. The average Bonchev–Trinajstić information content (AvgIpc) is 2.46. The van der Waals surface area contributed by atoms with Gasteiger partial charge in [0.1, 0.15) is 11.0 Å². The lowest BCUT2D eigenvalue weighted by atomic mass is 9.85. The van der Waals surface area contributed by atoms with Gasteiger partial charge in [0.25, 0.3) is 0 Å². The number of fused-ring (bicyclic) bond motifs is 1. The van der Waals surface area contributed by atoms with Crippen molar-refractivity contribution in [3.05, 3.63) is 59.5 Å². The first-order chi connectivity index (χ1) is 10.3. The minimum Gasteiger partial charge on any atom is -0.232 e. The van der Waals surface area contributed by atoms with Gasteiger partial charge in [-0.3, -0.25) is 0 Å². The standard InChI is InChI=1S/C18H15ClN2/c19-17-15-11-14(12-5-2-1-3-6-12)9-10-16(15)20-18(21-17)13-7-4-8-13/h1-3,5-6,9-11,13H,4,7-8H2. The van der Waals surface area contributed by atoms with Gasteiger partial charge in [0, 0.05) is 11.3 Å². The van der Waals surface area contributed by atoms with E-state index < -0.39 is 0 Å². The maximum Gasteiger partial charge on any atom is 0.140 e. The Hall–Kier alpha value is -1.93. The molecule has 1 fully saturated rings. The van der Waals surface area contributed by atoms with Gasteiger partial charge in [0.15, 0.2) is 0 Å². The quantitative estimate of drug-likeness (QED) is 0.606. The van der Waals surface area contributed by atoms with E-state index in [4.69, 9.17) is 16.6 Å². The van der Waals surface area contributed by atoms with Gasteiger partial charge in [-0.2, -0.15) is 0 Å². The first-order valence-electron chi connectivity index (χ1n) is 7.34. The van der Waals surface area contributed by atoms with Crippen LogP contribution in [0.5, 0.6) is 0 Å². The van der Waals surface area contributed by atoms with Crippen molar-refractivity contribution >= 4 is 22.5 Å². The fourth-order valence-corrected chi connectivity index (χ4v) is 3.01. The molecule has 3 aromatic rings. The Morgan fingerprint density at radius 1 is 0.905 bits per heavy atom. The molecule has 0 unspecified atom stereocenters. The Bertz CT molecular complexity index is 795. The molecule has 0 radical (unpaired) electrons. The largest absolute Gasteiger partial charge is 0.232 e. The van der Waals surface area contributed by atoms with Crippen LogP contribution in [-0.4, -0.2) is 9.97 Å². The first-order valence-corrected chi connectivity index (χ1v) is 7.72. The summed E-state index contributed by atoms with van der Waals surface area (Å²) in [5.41, 5.74) is 3.26. The summed E-state index contributed by atoms with van der Waals surface area (Å²) in [5.74, 6) is 1.41. The van der Waals surface area contributed by atoms with Gasteiger partial charge in [-0.1, -0.05) is 54.4 Å². The van der Waals surface area contributed by atoms with Crippen molar-refractivity contribution in [2.45, 2.75) is 25.2 Å². The third-order valence-electron chi connectivity index (χ3n) is 4.24. The maximum absolute atomic E-state index is 6.40. The normalized spacial score (nSPS) is 15.1. The van der Waals surface area contributed by atoms with Crippen LogP contribution in [0.4, 0.5) is 0 Å². The number of aromatic nitrogens is 2. The van der Waals surface area contributed by atoms with Gasteiger partial charge in [-0.25, -0.2) is 9.97 Å². The van der Waals surface area contributed by atoms with E-state index in [1.807, 2.05) is 24.3 Å². The third-order valence-corrected chi connectivity index (χ3v) is 4.53. The highest BCUT2D eigenvalue weighted by Gasteiger charge is 2.23. The summed E-state index contributed by atoms with van der Waals surface area (Å²) in [7, 11) is 0. The average molecular weight is 295 g/mol. The van der Waals surface area contributed by atoms with Crippen LogP contribution in [-0.2, 0) is 0 Å². The molecule has 4 rings (SSSR count). The molecule has 0 aliphatic heterocycles. The zero-order chi connectivity index (χ0) is 14.2. The summed E-state index contributed by atoms with van der Waals surface area (Å²) < 4.78 is 0. The van der Waals surface area contributed by atoms with Gasteiger partial charge in [0.05, 0.1) is 5.52 Å². The Labute approximate surface area is 128 Å². The molecule has 1 heterocycles. The van der Waals surface area contributed by atoms with E-state index in [0.717, 1.165) is 22.3 Å². The molecule has 0 N–H and O–H groups in total. The van der Waals surface area contributed by atoms with E-state index in [9.17, 15) is 0 Å². The molecule has 1 saturated carbocycles. The molecular weight excluding hydrogens is 280 g/mol. The highest BCUT2D eigenvalue weighted by Crippen LogP contribution is 2.36. The van der Waals surface area contributed by atoms with Gasteiger partial charge in [0.2, 0.25) is 0 Å². The molecular formula is C18H15ClN2. The van der Waals surface area contributed by atoms with Gasteiger partial charge < -0.3 is 0 Å². The molecule has 21 heavy (non-hydrogen) atoms. The first kappa shape index (κ1) is 12.8. The van der Waals surface area contributed by atoms with Crippen LogP contribution in [0.3, 0.4) is 0 Å². The van der Waals surface area contributed by atoms with E-state index in [2.05, 4.69) is 29.2 Å². The van der Waals surface area contributed by atoms with E-state index in [1.54, 1.807) is 0 Å². The summed E-state index contributed by atoms with van der Waals surface area (Å²) in [5, 5.41) is 1.50. The Morgan fingerprint density at radius 3 is 2.43 bits per heavy atom. The van der Waals surface area contributed by atoms with Crippen molar-refractivity contribution in [2.75, 3.05) is 0 Å². The maximum atomic E-state index is 6.40. The van der Waals surface area contributed by atoms with Crippen LogP contribution in [0.25, 0.3) is 22.0 Å². The van der Waals surface area contributed by atoms with Crippen LogP contribution in [0.2, 0.25) is 5.15 Å². The molecule has 1 aliphatic rings. The van der Waals surface area contributed by atoms with Gasteiger partial charge in [-0.15, -0.1) is 0 Å². The molecule has 2 aromatic carbocycles. The third kappa shape index (κ3) is 2.30. The van der Waals surface area contributed by atoms with Crippen LogP contribution >= 0.6 is 11.6 Å². The SMILES string of the molecule is Clc1nc(C2CCC2)nc2ccc(-c3ccccc3)cc12. The number of benzene rings is 2. The summed E-state index contributed by atoms with van der Waals surface area (Å²) >= 11 is 6.40. The van der Waals surface area contributed by atoms with E-state index in [1.165, 1.54) is 24.8 Å². The van der Waals surface area contributed by atoms with Crippen molar-refractivity contribution in [3.8, 4) is 11.1 Å². The zero-order valence-electron chi connectivity index (χ0n) is 11.6. The van der Waals surface area contributed by atoms with Crippen molar-refractivity contribution in [1.82, 2.24) is 9.97 Å². The van der Waals surface area contributed by atoms with Crippen LogP contribution in [0.1, 0.15) is 31.0 Å². The van der Waals surface area contributed by atoms with Crippen LogP contribution in [0, 0.1) is 0 Å². The number of rotatable bonds is 2. The lowest BCUT2D eigenvalue weighted by Gasteiger charge is -2.24. The monoisotopic (exact) mass is 294 g/mol. The van der Waals surface area contributed by atoms with E-state index >= 15 is 0 Å². The van der Waals surface area contributed by atoms with Crippen LogP contribution in [0.15, 0.2) is 48.5 Å². The summed E-state index contributed by atoms with van der Waals surface area (Å²) in [4.78, 5) is 9.21. The lowest BCUT2D eigenvalue weighted by molar-refractivity contribution is 0.402. The molecule has 1 aliphatic carbocycles. The molecule has 104 valence electrons. The van der Waals surface area contributed by atoms with Crippen molar-refractivity contribution in [1.29, 1.82) is 0 Å². The topological polar surface area (TPSA) is 25.8 Å². The highest BCUT2D eigenvalue weighted by molar-refractivity contribution is 6.34. The molecule has 0 saturated heterocycles. The number of halogens is 1. The molecule has 1 aromatic heterocycles. The Morgan fingerprint density at radius 2 is 1.71 bits per heavy atom. The predicted octanol–water partition coefficient (Wildman–Crippen LogP) is 5.22. The van der Waals surface area contributed by atoms with Crippen LogP contribution < -0.4 is 0 Å². The minimum absolute atomic E-state index is 0.501. The minimum atomic E-state index is 0.501. The molecule has 3 heteroatoms.